The van der Waals surface area contributed by atoms with Gasteiger partial charge in [-0.1, -0.05) is 97.1 Å². The van der Waals surface area contributed by atoms with Gasteiger partial charge in [0.25, 0.3) is 0 Å². The first-order chi connectivity index (χ1) is 17.2. The van der Waals surface area contributed by atoms with Crippen molar-refractivity contribution in [2.75, 3.05) is 0 Å². The van der Waals surface area contributed by atoms with E-state index in [9.17, 15) is 0 Å². The lowest BCUT2D eigenvalue weighted by Gasteiger charge is -2.10. The second-order valence-electron chi connectivity index (χ2n) is 8.33. The first-order valence-corrected chi connectivity index (χ1v) is 11.8. The van der Waals surface area contributed by atoms with Crippen molar-refractivity contribution in [2.24, 2.45) is 0 Å². The summed E-state index contributed by atoms with van der Waals surface area (Å²) in [6, 6.07) is 37.4. The van der Waals surface area contributed by atoms with Crippen LogP contribution in [0.1, 0.15) is 0 Å². The average Bonchev–Trinajstić information content (AvgIpc) is 2.93. The van der Waals surface area contributed by atoms with Gasteiger partial charge >= 0.3 is 0 Å². The van der Waals surface area contributed by atoms with Crippen LogP contribution in [0.15, 0.2) is 122 Å². The molecule has 4 heteroatoms. The van der Waals surface area contributed by atoms with Crippen molar-refractivity contribution in [1.29, 1.82) is 0 Å². The van der Waals surface area contributed by atoms with Crippen molar-refractivity contribution in [1.82, 2.24) is 15.0 Å². The molecule has 0 aliphatic heterocycles. The highest BCUT2D eigenvalue weighted by molar-refractivity contribution is 6.28. The third-order valence-electron chi connectivity index (χ3n) is 6.16. The minimum absolute atomic E-state index is 0.237. The topological polar surface area (TPSA) is 38.7 Å². The van der Waals surface area contributed by atoms with Gasteiger partial charge in [-0.2, -0.15) is 0 Å². The Morgan fingerprint density at radius 2 is 1.14 bits per heavy atom. The third-order valence-corrected chi connectivity index (χ3v) is 6.33. The van der Waals surface area contributed by atoms with Gasteiger partial charge in [-0.3, -0.25) is 4.98 Å². The van der Waals surface area contributed by atoms with Crippen molar-refractivity contribution in [2.45, 2.75) is 0 Å². The summed E-state index contributed by atoms with van der Waals surface area (Å²) >= 11 is 6.37. The molecular weight excluding hydrogens is 450 g/mol. The Morgan fingerprint density at radius 3 is 1.86 bits per heavy atom. The van der Waals surface area contributed by atoms with Gasteiger partial charge in [-0.15, -0.1) is 0 Å². The van der Waals surface area contributed by atoms with Gasteiger partial charge in [0, 0.05) is 23.5 Å². The summed E-state index contributed by atoms with van der Waals surface area (Å²) in [5, 5.41) is 2.54. The van der Waals surface area contributed by atoms with E-state index in [4.69, 9.17) is 11.6 Å². The molecule has 0 aliphatic rings. The number of fused-ring (bicyclic) bond motifs is 1. The Labute approximate surface area is 208 Å². The minimum atomic E-state index is 0.237. The van der Waals surface area contributed by atoms with Crippen molar-refractivity contribution in [3.05, 3.63) is 127 Å². The second kappa shape index (κ2) is 9.13. The Morgan fingerprint density at radius 1 is 0.514 bits per heavy atom. The van der Waals surface area contributed by atoms with E-state index in [1.54, 1.807) is 6.20 Å². The molecular formula is C31H20ClN3. The molecule has 0 spiro atoms. The smallest absolute Gasteiger partial charge is 0.223 e. The van der Waals surface area contributed by atoms with E-state index in [2.05, 4.69) is 93.8 Å². The minimum Gasteiger partial charge on any atom is -0.264 e. The average molecular weight is 470 g/mol. The molecule has 6 aromatic rings. The summed E-state index contributed by atoms with van der Waals surface area (Å²) in [5.41, 5.74) is 8.19. The number of pyridine rings is 1. The SMILES string of the molecule is Clc1nc(-c2ccc(-c3ccc(-c4cccnc4)cc3)cc2)cc(-c2cccc3ccccc23)n1. The van der Waals surface area contributed by atoms with E-state index < -0.39 is 0 Å². The van der Waals surface area contributed by atoms with E-state index in [1.165, 1.54) is 5.39 Å². The number of rotatable bonds is 4. The van der Waals surface area contributed by atoms with Gasteiger partial charge in [0.2, 0.25) is 5.28 Å². The van der Waals surface area contributed by atoms with Crippen molar-refractivity contribution >= 4 is 22.4 Å². The molecule has 6 rings (SSSR count). The largest absolute Gasteiger partial charge is 0.264 e. The molecule has 2 aromatic heterocycles. The van der Waals surface area contributed by atoms with E-state index in [-0.39, 0.29) is 5.28 Å². The lowest BCUT2D eigenvalue weighted by atomic mass is 9.99. The fourth-order valence-electron chi connectivity index (χ4n) is 4.37. The molecule has 2 heterocycles. The normalized spacial score (nSPS) is 11.0. The van der Waals surface area contributed by atoms with Crippen LogP contribution in [-0.2, 0) is 0 Å². The zero-order valence-corrected chi connectivity index (χ0v) is 19.5. The van der Waals surface area contributed by atoms with Crippen molar-refractivity contribution < 1.29 is 0 Å². The Hall–Kier alpha value is -4.34. The highest BCUT2D eigenvalue weighted by Gasteiger charge is 2.11. The quantitative estimate of drug-likeness (QED) is 0.243. The summed E-state index contributed by atoms with van der Waals surface area (Å²) in [6.45, 7) is 0. The maximum Gasteiger partial charge on any atom is 0.223 e. The standard InChI is InChI=1S/C31H20ClN3/c32-31-34-29(19-30(35-31)28-9-3-6-24-5-1-2-8-27(24)28)25-16-14-22(15-17-25)21-10-12-23(13-11-21)26-7-4-18-33-20-26/h1-20H. The maximum atomic E-state index is 6.37. The van der Waals surface area contributed by atoms with Crippen LogP contribution in [0.2, 0.25) is 5.28 Å². The fourth-order valence-corrected chi connectivity index (χ4v) is 4.56. The predicted octanol–water partition coefficient (Wildman–Crippen LogP) is 8.35. The summed E-state index contributed by atoms with van der Waals surface area (Å²) < 4.78 is 0. The van der Waals surface area contributed by atoms with Gasteiger partial charge in [0.1, 0.15) is 0 Å². The summed E-state index contributed by atoms with van der Waals surface area (Å²) in [7, 11) is 0. The molecule has 166 valence electrons. The number of benzene rings is 4. The molecule has 0 amide bonds. The zero-order valence-electron chi connectivity index (χ0n) is 18.8. The fraction of sp³-hybridized carbons (Fsp3) is 0. The van der Waals surface area contributed by atoms with Gasteiger partial charge in [0.05, 0.1) is 11.4 Å². The van der Waals surface area contributed by atoms with Crippen LogP contribution in [0, 0.1) is 0 Å². The summed E-state index contributed by atoms with van der Waals surface area (Å²) in [5.74, 6) is 0. The van der Waals surface area contributed by atoms with Gasteiger partial charge in [-0.05, 0) is 56.8 Å². The first-order valence-electron chi connectivity index (χ1n) is 11.4. The molecule has 0 N–H and O–H groups in total. The zero-order chi connectivity index (χ0) is 23.6. The molecule has 0 atom stereocenters. The summed E-state index contributed by atoms with van der Waals surface area (Å²) in [4.78, 5) is 13.2. The highest BCUT2D eigenvalue weighted by Crippen LogP contribution is 2.32. The molecule has 0 saturated heterocycles. The lowest BCUT2D eigenvalue weighted by molar-refractivity contribution is 1.18. The number of hydrogen-bond donors (Lipinski definition) is 0. The van der Waals surface area contributed by atoms with Crippen LogP contribution in [0.5, 0.6) is 0 Å². The van der Waals surface area contributed by atoms with Crippen LogP contribution < -0.4 is 0 Å². The van der Waals surface area contributed by atoms with Crippen LogP contribution in [0.3, 0.4) is 0 Å². The molecule has 0 bridgehead atoms. The molecule has 35 heavy (non-hydrogen) atoms. The maximum absolute atomic E-state index is 6.37. The van der Waals surface area contributed by atoms with Crippen LogP contribution in [-0.4, -0.2) is 15.0 Å². The van der Waals surface area contributed by atoms with Crippen molar-refractivity contribution in [3.63, 3.8) is 0 Å². The van der Waals surface area contributed by atoms with Gasteiger partial charge in [0.15, 0.2) is 0 Å². The van der Waals surface area contributed by atoms with Crippen LogP contribution in [0.25, 0.3) is 55.5 Å². The van der Waals surface area contributed by atoms with Crippen LogP contribution >= 0.6 is 11.6 Å². The molecule has 0 aliphatic carbocycles. The molecule has 4 aromatic carbocycles. The Kier molecular flexibility index (Phi) is 5.53. The molecule has 0 saturated carbocycles. The van der Waals surface area contributed by atoms with Crippen LogP contribution in [0.4, 0.5) is 0 Å². The second-order valence-corrected chi connectivity index (χ2v) is 8.67. The van der Waals surface area contributed by atoms with E-state index in [0.29, 0.717) is 0 Å². The summed E-state index contributed by atoms with van der Waals surface area (Å²) in [6.07, 6.45) is 3.67. The van der Waals surface area contributed by atoms with E-state index in [1.807, 2.05) is 36.5 Å². The molecule has 3 nitrogen and oxygen atoms in total. The van der Waals surface area contributed by atoms with E-state index in [0.717, 1.165) is 50.2 Å². The molecule has 0 fully saturated rings. The third kappa shape index (κ3) is 4.30. The lowest BCUT2D eigenvalue weighted by Crippen LogP contribution is -1.93. The monoisotopic (exact) mass is 469 g/mol. The van der Waals surface area contributed by atoms with Gasteiger partial charge < -0.3 is 0 Å². The number of aromatic nitrogens is 3. The highest BCUT2D eigenvalue weighted by atomic mass is 35.5. The predicted molar refractivity (Wildman–Crippen MR) is 144 cm³/mol. The Balaban J connectivity index is 1.32. The van der Waals surface area contributed by atoms with Crippen molar-refractivity contribution in [3.8, 4) is 44.8 Å². The number of hydrogen-bond acceptors (Lipinski definition) is 3. The Bertz CT molecular complexity index is 1620. The molecule has 0 unspecified atom stereocenters. The molecule has 0 radical (unpaired) electrons. The van der Waals surface area contributed by atoms with E-state index >= 15 is 0 Å². The number of nitrogens with zero attached hydrogens (tertiary/aromatic N) is 3. The number of halogens is 1. The first kappa shape index (κ1) is 21.2. The van der Waals surface area contributed by atoms with Gasteiger partial charge in [-0.25, -0.2) is 9.97 Å².